The van der Waals surface area contributed by atoms with Crippen molar-refractivity contribution in [2.75, 3.05) is 4.90 Å². The number of ether oxygens (including phenoxy) is 2. The molecular formula is C41H38BNO2Si. The number of rotatable bonds is 4. The largest absolute Gasteiger partial charge is 0.458 e. The molecule has 0 unspecified atom stereocenters. The van der Waals surface area contributed by atoms with Crippen molar-refractivity contribution in [2.24, 2.45) is 0 Å². The first-order chi connectivity index (χ1) is 22.1. The van der Waals surface area contributed by atoms with E-state index in [-0.39, 0.29) is 12.1 Å². The van der Waals surface area contributed by atoms with Crippen LogP contribution in [0.25, 0.3) is 10.8 Å². The van der Waals surface area contributed by atoms with Gasteiger partial charge in [-0.25, -0.2) is 0 Å². The van der Waals surface area contributed by atoms with Gasteiger partial charge in [0.2, 0.25) is 0 Å². The fourth-order valence-electron chi connectivity index (χ4n) is 7.28. The Hall–Kier alpha value is -4.74. The van der Waals surface area contributed by atoms with Gasteiger partial charge in [0, 0.05) is 29.0 Å². The molecule has 6 aromatic rings. The molecule has 5 heteroatoms. The van der Waals surface area contributed by atoms with Gasteiger partial charge < -0.3 is 14.4 Å². The summed E-state index contributed by atoms with van der Waals surface area (Å²) >= 11 is 0. The van der Waals surface area contributed by atoms with E-state index in [1.165, 1.54) is 38.1 Å². The van der Waals surface area contributed by atoms with Crippen molar-refractivity contribution in [1.29, 1.82) is 0 Å². The Morgan fingerprint density at radius 3 is 1.74 bits per heavy atom. The van der Waals surface area contributed by atoms with Crippen LogP contribution in [0.3, 0.4) is 0 Å². The lowest BCUT2D eigenvalue weighted by Gasteiger charge is -2.36. The zero-order valence-electron chi connectivity index (χ0n) is 27.4. The van der Waals surface area contributed by atoms with E-state index >= 15 is 0 Å². The summed E-state index contributed by atoms with van der Waals surface area (Å²) in [6, 6.07) is 43.7. The van der Waals surface area contributed by atoms with Crippen LogP contribution in [0.15, 0.2) is 121 Å². The first kappa shape index (κ1) is 28.7. The zero-order valence-corrected chi connectivity index (χ0v) is 28.4. The van der Waals surface area contributed by atoms with Gasteiger partial charge in [-0.3, -0.25) is 0 Å². The third-order valence-electron chi connectivity index (χ3n) is 9.43. The Morgan fingerprint density at radius 1 is 0.587 bits per heavy atom. The Bertz CT molecular complexity index is 2070. The predicted molar refractivity (Wildman–Crippen MR) is 198 cm³/mol. The highest BCUT2D eigenvalue weighted by molar-refractivity contribution is 6.98. The van der Waals surface area contributed by atoms with E-state index in [1.807, 2.05) is 0 Å². The fraction of sp³-hybridized carbons (Fsp3) is 0.171. The van der Waals surface area contributed by atoms with Crippen molar-refractivity contribution < 1.29 is 9.47 Å². The SMILES string of the molecule is CC(C)(C)c1ccc(N(c2cc3c4c(c2)Oc2ccccc2B4c2ccccc2O3)c2ccc3ccccc3c2[Si](C)(C)C)cc1. The van der Waals surface area contributed by atoms with Gasteiger partial charge in [-0.1, -0.05) is 119 Å². The van der Waals surface area contributed by atoms with Gasteiger partial charge in [0.25, 0.3) is 6.71 Å². The summed E-state index contributed by atoms with van der Waals surface area (Å²) in [5.74, 6) is 3.48. The minimum absolute atomic E-state index is 0.0479. The van der Waals surface area contributed by atoms with E-state index in [4.69, 9.17) is 9.47 Å². The summed E-state index contributed by atoms with van der Waals surface area (Å²) in [5.41, 5.74) is 8.13. The summed E-state index contributed by atoms with van der Waals surface area (Å²) in [4.78, 5) is 2.42. The van der Waals surface area contributed by atoms with Crippen LogP contribution in [0.1, 0.15) is 26.3 Å². The highest BCUT2D eigenvalue weighted by atomic mass is 28.3. The molecule has 0 N–H and O–H groups in total. The van der Waals surface area contributed by atoms with E-state index in [2.05, 4.69) is 167 Å². The second-order valence-corrected chi connectivity index (χ2v) is 19.6. The van der Waals surface area contributed by atoms with Gasteiger partial charge in [-0.2, -0.15) is 0 Å². The number of nitrogens with zero attached hydrogens (tertiary/aromatic N) is 1. The molecular weight excluding hydrogens is 577 g/mol. The van der Waals surface area contributed by atoms with Crippen LogP contribution in [0.5, 0.6) is 23.0 Å². The molecule has 0 aromatic heterocycles. The van der Waals surface area contributed by atoms with Gasteiger partial charge >= 0.3 is 0 Å². The lowest BCUT2D eigenvalue weighted by atomic mass is 9.35. The zero-order chi connectivity index (χ0) is 31.8. The van der Waals surface area contributed by atoms with Crippen LogP contribution < -0.4 is 35.9 Å². The molecule has 0 aliphatic carbocycles. The number of anilines is 3. The molecule has 0 radical (unpaired) electrons. The molecule has 2 aliphatic heterocycles. The van der Waals surface area contributed by atoms with Gasteiger partial charge in [0.15, 0.2) is 0 Å². The summed E-state index contributed by atoms with van der Waals surface area (Å²) in [6.07, 6.45) is 0. The Labute approximate surface area is 273 Å². The number of hydrogen-bond donors (Lipinski definition) is 0. The van der Waals surface area contributed by atoms with Crippen molar-refractivity contribution in [3.63, 3.8) is 0 Å². The number of hydrogen-bond acceptors (Lipinski definition) is 3. The molecule has 3 nitrogen and oxygen atoms in total. The second kappa shape index (κ2) is 10.4. The van der Waals surface area contributed by atoms with Crippen molar-refractivity contribution >= 4 is 64.2 Å². The Balaban J connectivity index is 1.40. The monoisotopic (exact) mass is 615 g/mol. The molecule has 0 saturated carbocycles. The van der Waals surface area contributed by atoms with E-state index in [0.29, 0.717) is 0 Å². The second-order valence-electron chi connectivity index (χ2n) is 14.6. The topological polar surface area (TPSA) is 21.7 Å². The molecule has 2 aliphatic rings. The minimum Gasteiger partial charge on any atom is -0.458 e. The third-order valence-corrected chi connectivity index (χ3v) is 11.5. The first-order valence-corrected chi connectivity index (χ1v) is 19.7. The van der Waals surface area contributed by atoms with Gasteiger partial charge in [0.05, 0.1) is 13.8 Å². The quantitative estimate of drug-likeness (QED) is 0.185. The van der Waals surface area contributed by atoms with Crippen LogP contribution in [0, 0.1) is 0 Å². The maximum absolute atomic E-state index is 6.74. The smallest absolute Gasteiger partial charge is 0.260 e. The maximum Gasteiger partial charge on any atom is 0.260 e. The molecule has 0 spiro atoms. The predicted octanol–water partition coefficient (Wildman–Crippen LogP) is 8.88. The highest BCUT2D eigenvalue weighted by Gasteiger charge is 2.41. The maximum atomic E-state index is 6.74. The Morgan fingerprint density at radius 2 is 1.15 bits per heavy atom. The Kier molecular flexibility index (Phi) is 6.49. The molecule has 0 amide bonds. The van der Waals surface area contributed by atoms with Crippen molar-refractivity contribution in [3.8, 4) is 23.0 Å². The summed E-state index contributed by atoms with van der Waals surface area (Å²) in [6.45, 7) is 14.2. The average Bonchev–Trinajstić information content (AvgIpc) is 3.03. The van der Waals surface area contributed by atoms with Crippen LogP contribution in [-0.4, -0.2) is 14.8 Å². The molecule has 8 rings (SSSR count). The molecule has 0 saturated heterocycles. The lowest BCUT2D eigenvalue weighted by Crippen LogP contribution is -2.57. The fourth-order valence-corrected chi connectivity index (χ4v) is 9.28. The number of benzene rings is 6. The summed E-state index contributed by atoms with van der Waals surface area (Å²) < 4.78 is 13.5. The summed E-state index contributed by atoms with van der Waals surface area (Å²) in [5, 5.41) is 4.03. The lowest BCUT2D eigenvalue weighted by molar-refractivity contribution is 0.465. The van der Waals surface area contributed by atoms with Crippen LogP contribution in [0.4, 0.5) is 17.1 Å². The molecule has 0 fully saturated rings. The first-order valence-electron chi connectivity index (χ1n) is 16.2. The minimum atomic E-state index is -1.86. The molecule has 2 heterocycles. The summed E-state index contributed by atoms with van der Waals surface area (Å²) in [7, 11) is -1.86. The van der Waals surface area contributed by atoms with Crippen molar-refractivity contribution in [2.45, 2.75) is 45.8 Å². The molecule has 226 valence electrons. The highest BCUT2D eigenvalue weighted by Crippen LogP contribution is 2.43. The van der Waals surface area contributed by atoms with Gasteiger partial charge in [0.1, 0.15) is 23.0 Å². The van der Waals surface area contributed by atoms with E-state index in [0.717, 1.165) is 39.8 Å². The van der Waals surface area contributed by atoms with E-state index < -0.39 is 8.07 Å². The molecule has 46 heavy (non-hydrogen) atoms. The van der Waals surface area contributed by atoms with Gasteiger partial charge in [-0.05, 0) is 68.2 Å². The van der Waals surface area contributed by atoms with Crippen LogP contribution in [-0.2, 0) is 5.41 Å². The average molecular weight is 616 g/mol. The standard InChI is InChI=1S/C41H38BNO2Si/c1-41(2,3)28-20-22-29(23-21-28)43(34-24-19-27-13-7-8-14-31(27)40(34)46(4,5)6)30-25-37-39-38(26-30)45-36-18-12-10-16-33(36)42(39)32-15-9-11-17-35(32)44-37/h7-26H,1-6H3. The van der Waals surface area contributed by atoms with Gasteiger partial charge in [-0.15, -0.1) is 0 Å². The number of fused-ring (bicyclic) bond motifs is 5. The van der Waals surface area contributed by atoms with E-state index in [1.54, 1.807) is 0 Å². The normalized spacial score (nSPS) is 13.3. The molecule has 0 bridgehead atoms. The van der Waals surface area contributed by atoms with Crippen molar-refractivity contribution in [3.05, 3.63) is 127 Å². The molecule has 6 aromatic carbocycles. The van der Waals surface area contributed by atoms with Crippen LogP contribution in [0.2, 0.25) is 19.6 Å². The molecule has 0 atom stereocenters. The third kappa shape index (κ3) is 4.64. The van der Waals surface area contributed by atoms with E-state index in [9.17, 15) is 0 Å². The van der Waals surface area contributed by atoms with Crippen molar-refractivity contribution in [1.82, 2.24) is 0 Å². The number of para-hydroxylation sites is 2. The van der Waals surface area contributed by atoms with Crippen LogP contribution >= 0.6 is 0 Å².